The van der Waals surface area contributed by atoms with Gasteiger partial charge in [0.2, 0.25) is 0 Å². The molecule has 0 radical (unpaired) electrons. The molecule has 0 amide bonds. The zero-order chi connectivity index (χ0) is 13.4. The second-order valence-corrected chi connectivity index (χ2v) is 4.47. The summed E-state index contributed by atoms with van der Waals surface area (Å²) >= 11 is 0. The van der Waals surface area contributed by atoms with Crippen LogP contribution in [-0.2, 0) is 0 Å². The van der Waals surface area contributed by atoms with Gasteiger partial charge in [-0.25, -0.2) is 0 Å². The Kier molecular flexibility index (Phi) is 6.72. The monoisotopic (exact) mass is 253 g/mol. The first kappa shape index (κ1) is 15.0. The molecule has 0 aliphatic carbocycles. The molecule has 0 bridgehead atoms. The Bertz CT molecular complexity index is 322. The van der Waals surface area contributed by atoms with Crippen molar-refractivity contribution in [3.05, 3.63) is 29.8 Å². The van der Waals surface area contributed by atoms with E-state index in [1.54, 1.807) is 0 Å². The maximum absolute atomic E-state index is 9.74. The Balaban J connectivity index is 2.24. The number of benzene rings is 1. The molecule has 3 N–H and O–H groups in total. The fourth-order valence-corrected chi connectivity index (χ4v) is 1.53. The van der Waals surface area contributed by atoms with Crippen LogP contribution in [0, 0.1) is 6.92 Å². The Morgan fingerprint density at radius 1 is 1.28 bits per heavy atom. The molecular formula is C14H23NO3. The smallest absolute Gasteiger partial charge is 0.119 e. The lowest BCUT2D eigenvalue weighted by Gasteiger charge is -2.17. The van der Waals surface area contributed by atoms with Crippen molar-refractivity contribution in [1.29, 1.82) is 0 Å². The van der Waals surface area contributed by atoms with Gasteiger partial charge < -0.3 is 20.3 Å². The number of hydrogen-bond acceptors (Lipinski definition) is 4. The van der Waals surface area contributed by atoms with Crippen molar-refractivity contribution >= 4 is 0 Å². The number of aliphatic hydroxyl groups is 2. The minimum absolute atomic E-state index is 0.0408. The van der Waals surface area contributed by atoms with E-state index in [4.69, 9.17) is 9.84 Å². The molecule has 0 heterocycles. The molecule has 0 aromatic heterocycles. The Labute approximate surface area is 109 Å². The average molecular weight is 253 g/mol. The molecule has 0 aliphatic rings. The van der Waals surface area contributed by atoms with E-state index >= 15 is 0 Å². The first-order chi connectivity index (χ1) is 8.65. The van der Waals surface area contributed by atoms with Crippen molar-refractivity contribution in [2.75, 3.05) is 19.8 Å². The molecule has 4 heteroatoms. The zero-order valence-electron chi connectivity index (χ0n) is 11.1. The van der Waals surface area contributed by atoms with Gasteiger partial charge in [0.05, 0.1) is 6.61 Å². The fraction of sp³-hybridized carbons (Fsp3) is 0.571. The first-order valence-electron chi connectivity index (χ1n) is 6.37. The van der Waals surface area contributed by atoms with Crippen LogP contribution in [0.1, 0.15) is 18.9 Å². The summed E-state index contributed by atoms with van der Waals surface area (Å²) in [7, 11) is 0. The van der Waals surface area contributed by atoms with Crippen LogP contribution in [0.25, 0.3) is 0 Å². The lowest BCUT2D eigenvalue weighted by Crippen LogP contribution is -2.39. The van der Waals surface area contributed by atoms with Crippen molar-refractivity contribution in [3.63, 3.8) is 0 Å². The van der Waals surface area contributed by atoms with Gasteiger partial charge in [-0.1, -0.05) is 24.6 Å². The van der Waals surface area contributed by atoms with E-state index in [1.807, 2.05) is 38.1 Å². The third-order valence-electron chi connectivity index (χ3n) is 2.82. The number of ether oxygens (including phenoxy) is 1. The molecule has 1 rings (SSSR count). The maximum atomic E-state index is 9.74. The highest BCUT2D eigenvalue weighted by Gasteiger charge is 2.09. The first-order valence-corrected chi connectivity index (χ1v) is 6.37. The summed E-state index contributed by atoms with van der Waals surface area (Å²) in [5, 5.41) is 21.8. The largest absolute Gasteiger partial charge is 0.491 e. The van der Waals surface area contributed by atoms with Crippen LogP contribution in [0.5, 0.6) is 5.75 Å². The topological polar surface area (TPSA) is 61.7 Å². The van der Waals surface area contributed by atoms with Crippen LogP contribution in [0.2, 0.25) is 0 Å². The van der Waals surface area contributed by atoms with Gasteiger partial charge in [-0.15, -0.1) is 0 Å². The van der Waals surface area contributed by atoms with E-state index in [0.29, 0.717) is 6.54 Å². The molecule has 18 heavy (non-hydrogen) atoms. The van der Waals surface area contributed by atoms with Crippen LogP contribution in [0.15, 0.2) is 24.3 Å². The van der Waals surface area contributed by atoms with Gasteiger partial charge in [0.15, 0.2) is 0 Å². The van der Waals surface area contributed by atoms with Crippen molar-refractivity contribution in [1.82, 2.24) is 5.32 Å². The number of nitrogens with one attached hydrogen (secondary N) is 1. The predicted octanol–water partition coefficient (Wildman–Crippen LogP) is 1.10. The lowest BCUT2D eigenvalue weighted by molar-refractivity contribution is 0.0995. The Morgan fingerprint density at radius 2 is 1.94 bits per heavy atom. The van der Waals surface area contributed by atoms with Crippen molar-refractivity contribution in [2.45, 2.75) is 32.4 Å². The van der Waals surface area contributed by atoms with Crippen LogP contribution in [0.4, 0.5) is 0 Å². The molecule has 0 unspecified atom stereocenters. The molecule has 0 aliphatic heterocycles. The fourth-order valence-electron chi connectivity index (χ4n) is 1.53. The highest BCUT2D eigenvalue weighted by Crippen LogP contribution is 2.11. The minimum Gasteiger partial charge on any atom is -0.491 e. The standard InChI is InChI=1S/C14H23NO3/c1-3-12(9-16)15-8-13(17)10-18-14-6-4-11(2)5-7-14/h4-7,12-13,15-17H,3,8-10H2,1-2H3/t12-,13+/m1/s1. The lowest BCUT2D eigenvalue weighted by atomic mass is 10.2. The van der Waals surface area contributed by atoms with E-state index in [1.165, 1.54) is 5.56 Å². The summed E-state index contributed by atoms with van der Waals surface area (Å²) in [6.07, 6.45) is 0.258. The number of aryl methyl sites for hydroxylation is 1. The van der Waals surface area contributed by atoms with E-state index in [0.717, 1.165) is 12.2 Å². The van der Waals surface area contributed by atoms with Crippen LogP contribution in [-0.4, -0.2) is 42.1 Å². The molecular weight excluding hydrogens is 230 g/mol. The quantitative estimate of drug-likeness (QED) is 0.649. The third-order valence-corrected chi connectivity index (χ3v) is 2.82. The second-order valence-electron chi connectivity index (χ2n) is 4.47. The number of rotatable bonds is 8. The summed E-state index contributed by atoms with van der Waals surface area (Å²) in [4.78, 5) is 0. The summed E-state index contributed by atoms with van der Waals surface area (Å²) in [6.45, 7) is 4.76. The van der Waals surface area contributed by atoms with Crippen molar-refractivity contribution in [2.24, 2.45) is 0 Å². The van der Waals surface area contributed by atoms with Gasteiger partial charge in [0, 0.05) is 12.6 Å². The molecule has 0 saturated heterocycles. The summed E-state index contributed by atoms with van der Waals surface area (Å²) in [6, 6.07) is 7.76. The molecule has 0 saturated carbocycles. The third kappa shape index (κ3) is 5.49. The molecule has 0 spiro atoms. The second kappa shape index (κ2) is 8.08. The zero-order valence-corrected chi connectivity index (χ0v) is 11.1. The van der Waals surface area contributed by atoms with Gasteiger partial charge in [-0.2, -0.15) is 0 Å². The maximum Gasteiger partial charge on any atom is 0.119 e. The summed E-state index contributed by atoms with van der Waals surface area (Å²) in [5.41, 5.74) is 1.18. The highest BCUT2D eigenvalue weighted by molar-refractivity contribution is 5.26. The van der Waals surface area contributed by atoms with Crippen molar-refractivity contribution in [3.8, 4) is 5.75 Å². The number of hydrogen-bond donors (Lipinski definition) is 3. The molecule has 102 valence electrons. The van der Waals surface area contributed by atoms with Gasteiger partial charge >= 0.3 is 0 Å². The normalized spacial score (nSPS) is 14.2. The Hall–Kier alpha value is -1.10. The van der Waals surface area contributed by atoms with Gasteiger partial charge in [0.25, 0.3) is 0 Å². The minimum atomic E-state index is -0.577. The van der Waals surface area contributed by atoms with Crippen LogP contribution in [0.3, 0.4) is 0 Å². The van der Waals surface area contributed by atoms with E-state index in [-0.39, 0.29) is 19.3 Å². The van der Waals surface area contributed by atoms with Crippen LogP contribution < -0.4 is 10.1 Å². The molecule has 1 aromatic carbocycles. The predicted molar refractivity (Wildman–Crippen MR) is 71.8 cm³/mol. The van der Waals surface area contributed by atoms with Gasteiger partial charge in [0.1, 0.15) is 18.5 Å². The summed E-state index contributed by atoms with van der Waals surface area (Å²) in [5.74, 6) is 0.758. The van der Waals surface area contributed by atoms with Crippen LogP contribution >= 0.6 is 0 Å². The molecule has 4 nitrogen and oxygen atoms in total. The molecule has 1 aromatic rings. The SMILES string of the molecule is CC[C@H](CO)NC[C@H](O)COc1ccc(C)cc1. The highest BCUT2D eigenvalue weighted by atomic mass is 16.5. The van der Waals surface area contributed by atoms with Gasteiger partial charge in [-0.3, -0.25) is 0 Å². The van der Waals surface area contributed by atoms with E-state index in [2.05, 4.69) is 5.32 Å². The van der Waals surface area contributed by atoms with Gasteiger partial charge in [-0.05, 0) is 25.5 Å². The van der Waals surface area contributed by atoms with E-state index in [9.17, 15) is 5.11 Å². The number of aliphatic hydroxyl groups excluding tert-OH is 2. The molecule has 2 atom stereocenters. The summed E-state index contributed by atoms with van der Waals surface area (Å²) < 4.78 is 5.47. The average Bonchev–Trinajstić information content (AvgIpc) is 2.39. The van der Waals surface area contributed by atoms with Crippen molar-refractivity contribution < 1.29 is 14.9 Å². The van der Waals surface area contributed by atoms with E-state index < -0.39 is 6.10 Å². The Morgan fingerprint density at radius 3 is 2.50 bits per heavy atom. The molecule has 0 fully saturated rings.